The summed E-state index contributed by atoms with van der Waals surface area (Å²) in [4.78, 5) is 11.3. The molecule has 0 aliphatic carbocycles. The first-order chi connectivity index (χ1) is 13.2. The molecule has 1 aromatic heterocycles. The van der Waals surface area contributed by atoms with Crippen LogP contribution in [0.4, 0.5) is 0 Å². The number of nitrogens with zero attached hydrogens (tertiary/aromatic N) is 4. The minimum atomic E-state index is 0.304. The first-order valence-corrected chi connectivity index (χ1v) is 9.97. The van der Waals surface area contributed by atoms with Gasteiger partial charge in [-0.05, 0) is 30.7 Å². The number of hydrogen-bond donors (Lipinski definition) is 1. The van der Waals surface area contributed by atoms with E-state index < -0.39 is 0 Å². The van der Waals surface area contributed by atoms with Crippen LogP contribution in [0, 0.1) is 5.92 Å². The van der Waals surface area contributed by atoms with Gasteiger partial charge in [0.15, 0.2) is 11.8 Å². The third-order valence-corrected chi connectivity index (χ3v) is 5.02. The van der Waals surface area contributed by atoms with Crippen LogP contribution < -0.4 is 5.32 Å². The van der Waals surface area contributed by atoms with Crippen molar-refractivity contribution in [2.75, 3.05) is 26.7 Å². The van der Waals surface area contributed by atoms with Crippen LogP contribution in [0.5, 0.6) is 0 Å². The maximum absolute atomic E-state index is 5.30. The van der Waals surface area contributed by atoms with Crippen LogP contribution in [0.25, 0.3) is 0 Å². The van der Waals surface area contributed by atoms with E-state index in [2.05, 4.69) is 69.5 Å². The summed E-state index contributed by atoms with van der Waals surface area (Å²) in [6, 6.07) is 10.8. The van der Waals surface area contributed by atoms with Gasteiger partial charge >= 0.3 is 0 Å². The summed E-state index contributed by atoms with van der Waals surface area (Å²) in [6.07, 6.45) is 4.10. The Balaban J connectivity index is 1.40. The highest BCUT2D eigenvalue weighted by molar-refractivity contribution is 5.80. The van der Waals surface area contributed by atoms with Gasteiger partial charge in [0, 0.05) is 39.0 Å². The van der Waals surface area contributed by atoms with Crippen molar-refractivity contribution in [2.45, 2.75) is 45.4 Å². The van der Waals surface area contributed by atoms with E-state index in [0.717, 1.165) is 56.6 Å². The summed E-state index contributed by atoms with van der Waals surface area (Å²) < 4.78 is 5.30. The van der Waals surface area contributed by atoms with Crippen LogP contribution in [-0.2, 0) is 12.8 Å². The Morgan fingerprint density at radius 3 is 2.85 bits per heavy atom. The third kappa shape index (κ3) is 5.55. The van der Waals surface area contributed by atoms with Gasteiger partial charge in [0.1, 0.15) is 0 Å². The molecular weight excluding hydrogens is 338 g/mol. The molecule has 0 radical (unpaired) electrons. The van der Waals surface area contributed by atoms with Gasteiger partial charge in [0.25, 0.3) is 0 Å². The number of rotatable bonds is 7. The van der Waals surface area contributed by atoms with Crippen LogP contribution in [0.2, 0.25) is 0 Å². The van der Waals surface area contributed by atoms with Gasteiger partial charge in [-0.2, -0.15) is 4.98 Å². The maximum Gasteiger partial charge on any atom is 0.226 e. The second-order valence-electron chi connectivity index (χ2n) is 7.57. The lowest BCUT2D eigenvalue weighted by Crippen LogP contribution is -2.40. The third-order valence-electron chi connectivity index (χ3n) is 5.02. The highest BCUT2D eigenvalue weighted by atomic mass is 16.5. The van der Waals surface area contributed by atoms with Crippen molar-refractivity contribution in [1.29, 1.82) is 0 Å². The zero-order chi connectivity index (χ0) is 19.1. The number of benzene rings is 1. The minimum Gasteiger partial charge on any atom is -0.356 e. The molecule has 27 heavy (non-hydrogen) atoms. The average molecular weight is 370 g/mol. The number of nitrogens with one attached hydrogen (secondary N) is 1. The molecule has 1 aromatic carbocycles. The Morgan fingerprint density at radius 1 is 1.33 bits per heavy atom. The van der Waals surface area contributed by atoms with Crippen molar-refractivity contribution < 1.29 is 4.52 Å². The highest BCUT2D eigenvalue weighted by Crippen LogP contribution is 2.20. The zero-order valence-electron chi connectivity index (χ0n) is 16.7. The molecule has 0 spiro atoms. The van der Waals surface area contributed by atoms with E-state index in [4.69, 9.17) is 4.52 Å². The first kappa shape index (κ1) is 19.4. The van der Waals surface area contributed by atoms with Crippen LogP contribution in [-0.4, -0.2) is 47.7 Å². The van der Waals surface area contributed by atoms with E-state index in [0.29, 0.717) is 11.8 Å². The van der Waals surface area contributed by atoms with E-state index in [1.807, 2.05) is 7.05 Å². The molecule has 1 N–H and O–H groups in total. The number of aryl methyl sites for hydroxylation is 1. The van der Waals surface area contributed by atoms with E-state index in [-0.39, 0.29) is 0 Å². The predicted octanol–water partition coefficient (Wildman–Crippen LogP) is 3.27. The van der Waals surface area contributed by atoms with Crippen molar-refractivity contribution in [1.82, 2.24) is 20.4 Å². The van der Waals surface area contributed by atoms with Gasteiger partial charge in [-0.1, -0.05) is 49.3 Å². The Bertz CT molecular complexity index is 725. The molecule has 6 heteroatoms. The van der Waals surface area contributed by atoms with Crippen molar-refractivity contribution in [3.8, 4) is 0 Å². The number of aromatic nitrogens is 2. The molecule has 146 valence electrons. The van der Waals surface area contributed by atoms with E-state index >= 15 is 0 Å². The number of hydrogen-bond acceptors (Lipinski definition) is 4. The van der Waals surface area contributed by atoms with E-state index in [9.17, 15) is 0 Å². The summed E-state index contributed by atoms with van der Waals surface area (Å²) >= 11 is 0. The van der Waals surface area contributed by atoms with E-state index in [1.54, 1.807) is 0 Å². The SMILES string of the molecule is CN=C(NCCCc1nc(C(C)C)no1)N1CCC(Cc2ccccc2)C1. The first-order valence-electron chi connectivity index (χ1n) is 9.97. The predicted molar refractivity (Wildman–Crippen MR) is 108 cm³/mol. The van der Waals surface area contributed by atoms with Gasteiger partial charge in [-0.3, -0.25) is 4.99 Å². The second kappa shape index (κ2) is 9.53. The molecule has 0 saturated carbocycles. The van der Waals surface area contributed by atoms with Crippen LogP contribution in [0.1, 0.15) is 49.9 Å². The average Bonchev–Trinajstić information content (AvgIpc) is 3.32. The lowest BCUT2D eigenvalue weighted by Gasteiger charge is -2.21. The quantitative estimate of drug-likeness (QED) is 0.461. The highest BCUT2D eigenvalue weighted by Gasteiger charge is 2.24. The summed E-state index contributed by atoms with van der Waals surface area (Å²) in [5.41, 5.74) is 1.42. The molecule has 2 heterocycles. The van der Waals surface area contributed by atoms with Gasteiger partial charge in [0.05, 0.1) is 0 Å². The topological polar surface area (TPSA) is 66.5 Å². The fourth-order valence-corrected chi connectivity index (χ4v) is 3.52. The normalized spacial score (nSPS) is 17.7. The maximum atomic E-state index is 5.30. The fourth-order valence-electron chi connectivity index (χ4n) is 3.52. The van der Waals surface area contributed by atoms with Crippen molar-refractivity contribution in [2.24, 2.45) is 10.9 Å². The van der Waals surface area contributed by atoms with Gasteiger partial charge in [-0.25, -0.2) is 0 Å². The molecule has 6 nitrogen and oxygen atoms in total. The number of likely N-dealkylation sites (tertiary alicyclic amines) is 1. The molecule has 1 aliphatic heterocycles. The lowest BCUT2D eigenvalue weighted by molar-refractivity contribution is 0.368. The Morgan fingerprint density at radius 2 is 2.15 bits per heavy atom. The molecule has 1 aliphatic rings. The molecule has 2 aromatic rings. The molecule has 1 atom stereocenters. The van der Waals surface area contributed by atoms with Gasteiger partial charge < -0.3 is 14.7 Å². The molecule has 1 fully saturated rings. The fraction of sp³-hybridized carbons (Fsp3) is 0.571. The molecule has 0 amide bonds. The zero-order valence-corrected chi connectivity index (χ0v) is 16.7. The van der Waals surface area contributed by atoms with Gasteiger partial charge in [-0.15, -0.1) is 0 Å². The molecule has 3 rings (SSSR count). The summed E-state index contributed by atoms with van der Waals surface area (Å²) in [7, 11) is 1.86. The van der Waals surface area contributed by atoms with Crippen molar-refractivity contribution in [3.63, 3.8) is 0 Å². The number of aliphatic imine (C=N–C) groups is 1. The standard InChI is InChI=1S/C21H31N5O/c1-16(2)20-24-19(27-25-20)10-7-12-23-21(22-3)26-13-11-18(15-26)14-17-8-5-4-6-9-17/h4-6,8-9,16,18H,7,10-15H2,1-3H3,(H,22,23). The minimum absolute atomic E-state index is 0.304. The molecule has 1 unspecified atom stereocenters. The smallest absolute Gasteiger partial charge is 0.226 e. The van der Waals surface area contributed by atoms with Crippen molar-refractivity contribution in [3.05, 3.63) is 47.6 Å². The molecule has 1 saturated heterocycles. The van der Waals surface area contributed by atoms with Crippen LogP contribution in [0.15, 0.2) is 39.8 Å². The number of guanidine groups is 1. The molecule has 0 bridgehead atoms. The molecular formula is C21H31N5O. The van der Waals surface area contributed by atoms with Crippen molar-refractivity contribution >= 4 is 5.96 Å². The second-order valence-corrected chi connectivity index (χ2v) is 7.57. The van der Waals surface area contributed by atoms with E-state index in [1.165, 1.54) is 12.0 Å². The van der Waals surface area contributed by atoms with Gasteiger partial charge in [0.2, 0.25) is 5.89 Å². The summed E-state index contributed by atoms with van der Waals surface area (Å²) in [5, 5.41) is 7.49. The summed E-state index contributed by atoms with van der Waals surface area (Å²) in [6.45, 7) is 7.13. The lowest BCUT2D eigenvalue weighted by atomic mass is 9.99. The van der Waals surface area contributed by atoms with Crippen LogP contribution in [0.3, 0.4) is 0 Å². The largest absolute Gasteiger partial charge is 0.356 e. The Kier molecular flexibility index (Phi) is 6.85. The monoisotopic (exact) mass is 369 g/mol. The Hall–Kier alpha value is -2.37. The van der Waals surface area contributed by atoms with Crippen LogP contribution >= 0.6 is 0 Å². The summed E-state index contributed by atoms with van der Waals surface area (Å²) in [5.74, 6) is 3.51. The Labute approximate surface area is 162 Å².